The highest BCUT2D eigenvalue weighted by molar-refractivity contribution is 5.77. The maximum absolute atomic E-state index is 11.7. The molecule has 0 aliphatic rings. The molecule has 0 fully saturated rings. The quantitative estimate of drug-likeness (QED) is 0.789. The van der Waals surface area contributed by atoms with Crippen molar-refractivity contribution in [1.29, 1.82) is 5.26 Å². The van der Waals surface area contributed by atoms with E-state index in [-0.39, 0.29) is 11.3 Å². The van der Waals surface area contributed by atoms with E-state index in [0.717, 1.165) is 0 Å². The molecule has 5 nitrogen and oxygen atoms in total. The summed E-state index contributed by atoms with van der Waals surface area (Å²) in [7, 11) is 1.28. The summed E-state index contributed by atoms with van der Waals surface area (Å²) in [6.07, 6.45) is 0. The number of ether oxygens (including phenoxy) is 1. The number of nitrogens with two attached hydrogens (primary N) is 1. The number of esters is 1. The second-order valence-electron chi connectivity index (χ2n) is 4.55. The third-order valence-electron chi connectivity index (χ3n) is 3.01. The minimum absolute atomic E-state index is 0.128. The molecule has 0 heterocycles. The van der Waals surface area contributed by atoms with Gasteiger partial charge in [-0.3, -0.25) is 4.79 Å². The predicted octanol–water partition coefficient (Wildman–Crippen LogP) is 1.46. The molecule has 18 heavy (non-hydrogen) atoms. The molecule has 1 aromatic carbocycles. The Morgan fingerprint density at radius 2 is 2.17 bits per heavy atom. The minimum atomic E-state index is -1.000. The summed E-state index contributed by atoms with van der Waals surface area (Å²) in [5.74, 6) is -0.666. The maximum Gasteiger partial charge on any atom is 0.313 e. The van der Waals surface area contributed by atoms with Crippen molar-refractivity contribution in [2.75, 3.05) is 7.11 Å². The van der Waals surface area contributed by atoms with Gasteiger partial charge >= 0.3 is 5.97 Å². The van der Waals surface area contributed by atoms with Gasteiger partial charge in [0.05, 0.1) is 18.1 Å². The van der Waals surface area contributed by atoms with Gasteiger partial charge in [0.2, 0.25) is 0 Å². The minimum Gasteiger partial charge on any atom is -0.506 e. The smallest absolute Gasteiger partial charge is 0.313 e. The Hall–Kier alpha value is -2.06. The molecule has 96 valence electrons. The lowest BCUT2D eigenvalue weighted by molar-refractivity contribution is -0.152. The first kappa shape index (κ1) is 14.0. The van der Waals surface area contributed by atoms with Crippen molar-refractivity contribution >= 4 is 5.97 Å². The monoisotopic (exact) mass is 248 g/mol. The zero-order chi connectivity index (χ0) is 13.9. The Bertz CT molecular complexity index is 503. The average Bonchev–Trinajstić information content (AvgIpc) is 2.37. The average molecular weight is 248 g/mol. The van der Waals surface area contributed by atoms with Gasteiger partial charge in [0.15, 0.2) is 0 Å². The molecule has 1 atom stereocenters. The summed E-state index contributed by atoms with van der Waals surface area (Å²) in [5, 5.41) is 18.8. The van der Waals surface area contributed by atoms with Gasteiger partial charge in [-0.2, -0.15) is 5.26 Å². The number of methoxy groups -OCH3 is 1. The van der Waals surface area contributed by atoms with Crippen LogP contribution in [0.2, 0.25) is 0 Å². The van der Waals surface area contributed by atoms with E-state index in [1.165, 1.54) is 13.2 Å². The van der Waals surface area contributed by atoms with E-state index in [1.54, 1.807) is 26.0 Å². The van der Waals surface area contributed by atoms with Crippen LogP contribution < -0.4 is 5.73 Å². The molecule has 1 rings (SSSR count). The number of hydrogen-bond donors (Lipinski definition) is 2. The lowest BCUT2D eigenvalue weighted by atomic mass is 9.80. The lowest BCUT2D eigenvalue weighted by Crippen LogP contribution is -2.37. The zero-order valence-electron chi connectivity index (χ0n) is 10.6. The molecular weight excluding hydrogens is 232 g/mol. The number of carbonyl (C=O) groups is 1. The Labute approximate surface area is 106 Å². The van der Waals surface area contributed by atoms with Crippen LogP contribution in [0.4, 0.5) is 0 Å². The number of phenols is 1. The third-order valence-corrected chi connectivity index (χ3v) is 3.01. The van der Waals surface area contributed by atoms with Gasteiger partial charge in [-0.1, -0.05) is 12.1 Å². The van der Waals surface area contributed by atoms with Crippen LogP contribution in [-0.2, 0) is 9.53 Å². The van der Waals surface area contributed by atoms with E-state index in [1.807, 2.05) is 6.07 Å². The zero-order valence-corrected chi connectivity index (χ0v) is 10.6. The highest BCUT2D eigenvalue weighted by Gasteiger charge is 2.38. The summed E-state index contributed by atoms with van der Waals surface area (Å²) >= 11 is 0. The molecule has 0 saturated heterocycles. The molecule has 5 heteroatoms. The van der Waals surface area contributed by atoms with Crippen LogP contribution in [-0.4, -0.2) is 18.2 Å². The second-order valence-corrected chi connectivity index (χ2v) is 4.55. The Morgan fingerprint density at radius 1 is 1.56 bits per heavy atom. The van der Waals surface area contributed by atoms with Crippen molar-refractivity contribution in [2.24, 2.45) is 11.1 Å². The number of phenolic OH excluding ortho intramolecular Hbond substituents is 1. The molecule has 1 aromatic rings. The van der Waals surface area contributed by atoms with E-state index in [4.69, 9.17) is 11.0 Å². The normalized spacial score (nSPS) is 12.6. The van der Waals surface area contributed by atoms with E-state index < -0.39 is 17.4 Å². The summed E-state index contributed by atoms with van der Waals surface area (Å²) in [4.78, 5) is 11.7. The van der Waals surface area contributed by atoms with Crippen LogP contribution in [0, 0.1) is 16.7 Å². The molecule has 0 aliphatic carbocycles. The van der Waals surface area contributed by atoms with Gasteiger partial charge in [0.1, 0.15) is 11.8 Å². The molecule has 0 spiro atoms. The van der Waals surface area contributed by atoms with Crippen LogP contribution in [0.5, 0.6) is 5.75 Å². The summed E-state index contributed by atoms with van der Waals surface area (Å²) in [5.41, 5.74) is 5.48. The molecule has 0 radical (unpaired) electrons. The maximum atomic E-state index is 11.7. The predicted molar refractivity (Wildman–Crippen MR) is 65.5 cm³/mol. The second kappa shape index (κ2) is 5.07. The number of hydrogen-bond acceptors (Lipinski definition) is 5. The topological polar surface area (TPSA) is 96.3 Å². The Kier molecular flexibility index (Phi) is 3.94. The van der Waals surface area contributed by atoms with Crippen molar-refractivity contribution in [1.82, 2.24) is 0 Å². The van der Waals surface area contributed by atoms with Gasteiger partial charge in [-0.25, -0.2) is 0 Å². The summed E-state index contributed by atoms with van der Waals surface area (Å²) in [6, 6.07) is 5.78. The number of benzene rings is 1. The molecule has 0 amide bonds. The van der Waals surface area contributed by atoms with Crippen molar-refractivity contribution in [3.63, 3.8) is 0 Å². The third kappa shape index (κ3) is 2.29. The number of nitrogens with zero attached hydrogens (tertiary/aromatic N) is 1. The highest BCUT2D eigenvalue weighted by atomic mass is 16.5. The van der Waals surface area contributed by atoms with Crippen LogP contribution >= 0.6 is 0 Å². The molecule has 0 unspecified atom stereocenters. The Balaban J connectivity index is 3.24. The fourth-order valence-corrected chi connectivity index (χ4v) is 1.68. The van der Waals surface area contributed by atoms with Crippen molar-refractivity contribution in [3.05, 3.63) is 29.3 Å². The van der Waals surface area contributed by atoms with E-state index in [9.17, 15) is 9.90 Å². The number of aromatic hydroxyl groups is 1. The van der Waals surface area contributed by atoms with Crippen molar-refractivity contribution in [3.8, 4) is 11.8 Å². The lowest BCUT2D eigenvalue weighted by Gasteiger charge is -2.29. The Morgan fingerprint density at radius 3 is 2.67 bits per heavy atom. The fraction of sp³-hybridized carbons (Fsp3) is 0.385. The fourth-order valence-electron chi connectivity index (χ4n) is 1.68. The van der Waals surface area contributed by atoms with E-state index >= 15 is 0 Å². The van der Waals surface area contributed by atoms with Crippen LogP contribution in [0.3, 0.4) is 0 Å². The van der Waals surface area contributed by atoms with Gasteiger partial charge in [-0.05, 0) is 19.9 Å². The molecule has 3 N–H and O–H groups in total. The highest BCUT2D eigenvalue weighted by Crippen LogP contribution is 2.37. The van der Waals surface area contributed by atoms with Crippen molar-refractivity contribution < 1.29 is 14.6 Å². The number of carbonyl (C=O) groups excluding carboxylic acids is 1. The first-order valence-corrected chi connectivity index (χ1v) is 5.42. The van der Waals surface area contributed by atoms with Gasteiger partial charge in [0, 0.05) is 11.6 Å². The van der Waals surface area contributed by atoms with Crippen LogP contribution in [0.25, 0.3) is 0 Å². The number of rotatable bonds is 3. The molecular formula is C13H16N2O3. The molecule has 0 bridgehead atoms. The van der Waals surface area contributed by atoms with Gasteiger partial charge in [0.25, 0.3) is 0 Å². The van der Waals surface area contributed by atoms with Gasteiger partial charge in [-0.15, -0.1) is 0 Å². The molecule has 0 saturated carbocycles. The number of para-hydroxylation sites is 1. The number of nitriles is 1. The largest absolute Gasteiger partial charge is 0.506 e. The van der Waals surface area contributed by atoms with E-state index in [0.29, 0.717) is 5.56 Å². The SMILES string of the molecule is COC(=O)C(C)(C)[C@H](N)c1cccc(C#N)c1O. The van der Waals surface area contributed by atoms with Gasteiger partial charge < -0.3 is 15.6 Å². The molecule has 0 aromatic heterocycles. The first-order chi connectivity index (χ1) is 8.36. The molecule has 0 aliphatic heterocycles. The first-order valence-electron chi connectivity index (χ1n) is 5.42. The van der Waals surface area contributed by atoms with Crippen molar-refractivity contribution in [2.45, 2.75) is 19.9 Å². The van der Waals surface area contributed by atoms with E-state index in [2.05, 4.69) is 4.74 Å². The summed E-state index contributed by atoms with van der Waals surface area (Å²) in [6.45, 7) is 3.25. The van der Waals surface area contributed by atoms with Crippen LogP contribution in [0.1, 0.15) is 31.0 Å². The standard InChI is InChI=1S/C13H16N2O3/c1-13(2,12(17)18-3)11(15)9-6-4-5-8(7-14)10(9)16/h4-6,11,16H,15H2,1-3H3/t11-/m1/s1. The summed E-state index contributed by atoms with van der Waals surface area (Å²) < 4.78 is 4.69. The van der Waals surface area contributed by atoms with Crippen LogP contribution in [0.15, 0.2) is 18.2 Å².